The molecule has 140 valence electrons. The molecule has 0 aromatic carbocycles. The maximum absolute atomic E-state index is 13.4. The standard InChI is InChI=1S/C16H9F5N4S2/c17-15(18)25-4-3-23-13(25)8-27-14-9(7-22)10(16(19,20)21)6-11(24-14)12-2-1-5-26-12/h1-6,15H,8H2. The van der Waals surface area contributed by atoms with Gasteiger partial charge in [0.25, 0.3) is 0 Å². The van der Waals surface area contributed by atoms with Crippen LogP contribution in [-0.2, 0) is 11.9 Å². The highest BCUT2D eigenvalue weighted by Gasteiger charge is 2.36. The second-order valence-electron chi connectivity index (χ2n) is 5.14. The Hall–Kier alpha value is -2.45. The first-order valence-corrected chi connectivity index (χ1v) is 9.16. The molecular formula is C16H9F5N4S2. The van der Waals surface area contributed by atoms with Crippen molar-refractivity contribution < 1.29 is 22.0 Å². The van der Waals surface area contributed by atoms with E-state index in [1.54, 1.807) is 17.5 Å². The van der Waals surface area contributed by atoms with E-state index in [4.69, 9.17) is 0 Å². The molecule has 0 amide bonds. The quantitative estimate of drug-likeness (QED) is 0.402. The van der Waals surface area contributed by atoms with Gasteiger partial charge in [-0.25, -0.2) is 9.97 Å². The molecule has 0 fully saturated rings. The van der Waals surface area contributed by atoms with Gasteiger partial charge in [0.05, 0.1) is 27.5 Å². The van der Waals surface area contributed by atoms with Crippen molar-refractivity contribution in [1.29, 1.82) is 5.26 Å². The molecule has 0 aliphatic heterocycles. The van der Waals surface area contributed by atoms with Crippen molar-refractivity contribution in [3.05, 3.63) is 52.9 Å². The number of hydrogen-bond acceptors (Lipinski definition) is 5. The molecule has 0 spiro atoms. The maximum Gasteiger partial charge on any atom is 0.417 e. The van der Waals surface area contributed by atoms with Crippen molar-refractivity contribution in [1.82, 2.24) is 14.5 Å². The van der Waals surface area contributed by atoms with Crippen LogP contribution in [0.1, 0.15) is 23.5 Å². The Labute approximate surface area is 158 Å². The summed E-state index contributed by atoms with van der Waals surface area (Å²) in [6.45, 7) is -2.82. The predicted molar refractivity (Wildman–Crippen MR) is 90.3 cm³/mol. The number of imidazole rings is 1. The lowest BCUT2D eigenvalue weighted by Crippen LogP contribution is -2.10. The van der Waals surface area contributed by atoms with Gasteiger partial charge in [0.2, 0.25) is 0 Å². The van der Waals surface area contributed by atoms with Crippen LogP contribution in [0.5, 0.6) is 0 Å². The highest BCUT2D eigenvalue weighted by Crippen LogP contribution is 2.39. The van der Waals surface area contributed by atoms with Crippen LogP contribution >= 0.6 is 23.1 Å². The first kappa shape index (κ1) is 19.3. The van der Waals surface area contributed by atoms with E-state index in [0.717, 1.165) is 24.0 Å². The van der Waals surface area contributed by atoms with E-state index in [1.807, 2.05) is 0 Å². The Morgan fingerprint density at radius 3 is 2.70 bits per heavy atom. The predicted octanol–water partition coefficient (Wildman–Crippen LogP) is 5.58. The number of halogens is 5. The van der Waals surface area contributed by atoms with Crippen LogP contribution in [0.25, 0.3) is 10.6 Å². The minimum atomic E-state index is -4.75. The molecule has 0 atom stereocenters. The van der Waals surface area contributed by atoms with Gasteiger partial charge in [0, 0.05) is 12.4 Å². The summed E-state index contributed by atoms with van der Waals surface area (Å²) in [5.41, 5.74) is -1.68. The van der Waals surface area contributed by atoms with Crippen LogP contribution in [0.4, 0.5) is 22.0 Å². The summed E-state index contributed by atoms with van der Waals surface area (Å²) in [5.74, 6) is -0.194. The zero-order chi connectivity index (χ0) is 19.6. The van der Waals surface area contributed by atoms with E-state index in [0.29, 0.717) is 9.44 Å². The van der Waals surface area contributed by atoms with E-state index in [9.17, 15) is 27.2 Å². The lowest BCUT2D eigenvalue weighted by Gasteiger charge is -2.14. The first-order chi connectivity index (χ1) is 12.8. The molecule has 0 aliphatic rings. The Kier molecular flexibility index (Phi) is 5.48. The molecule has 0 bridgehead atoms. The van der Waals surface area contributed by atoms with Crippen molar-refractivity contribution in [2.75, 3.05) is 0 Å². The van der Waals surface area contributed by atoms with E-state index in [-0.39, 0.29) is 22.3 Å². The van der Waals surface area contributed by atoms with Crippen LogP contribution in [0.2, 0.25) is 0 Å². The van der Waals surface area contributed by atoms with Gasteiger partial charge < -0.3 is 0 Å². The van der Waals surface area contributed by atoms with E-state index < -0.39 is 23.9 Å². The third kappa shape index (κ3) is 4.12. The average molecular weight is 416 g/mol. The Morgan fingerprint density at radius 2 is 2.11 bits per heavy atom. The fourth-order valence-corrected chi connectivity index (χ4v) is 3.91. The average Bonchev–Trinajstić information content (AvgIpc) is 3.29. The van der Waals surface area contributed by atoms with Gasteiger partial charge in [-0.3, -0.25) is 4.57 Å². The Balaban J connectivity index is 2.04. The third-order valence-corrected chi connectivity index (χ3v) is 5.34. The van der Waals surface area contributed by atoms with E-state index in [2.05, 4.69) is 9.97 Å². The highest BCUT2D eigenvalue weighted by atomic mass is 32.2. The first-order valence-electron chi connectivity index (χ1n) is 7.30. The van der Waals surface area contributed by atoms with Gasteiger partial charge in [-0.05, 0) is 17.5 Å². The number of pyridine rings is 1. The molecule has 0 unspecified atom stereocenters. The molecular weight excluding hydrogens is 407 g/mol. The molecule has 3 heterocycles. The number of hydrogen-bond donors (Lipinski definition) is 0. The van der Waals surface area contributed by atoms with Gasteiger partial charge in [0.1, 0.15) is 16.9 Å². The minimum Gasteiger partial charge on any atom is -0.277 e. The van der Waals surface area contributed by atoms with E-state index >= 15 is 0 Å². The summed E-state index contributed by atoms with van der Waals surface area (Å²) in [6, 6.07) is 5.64. The summed E-state index contributed by atoms with van der Waals surface area (Å²) in [4.78, 5) is 8.44. The summed E-state index contributed by atoms with van der Waals surface area (Å²) in [7, 11) is 0. The minimum absolute atomic E-state index is 0.0317. The number of alkyl halides is 5. The normalized spacial score (nSPS) is 11.7. The number of nitrogens with zero attached hydrogens (tertiary/aromatic N) is 4. The zero-order valence-corrected chi connectivity index (χ0v) is 14.9. The molecule has 0 N–H and O–H groups in total. The molecule has 0 radical (unpaired) electrons. The van der Waals surface area contributed by atoms with Crippen molar-refractivity contribution in [2.24, 2.45) is 0 Å². The van der Waals surface area contributed by atoms with Gasteiger partial charge in [-0.2, -0.15) is 27.2 Å². The lowest BCUT2D eigenvalue weighted by atomic mass is 10.1. The zero-order valence-electron chi connectivity index (χ0n) is 13.2. The molecule has 3 aromatic heterocycles. The van der Waals surface area contributed by atoms with Gasteiger partial charge in [-0.1, -0.05) is 17.8 Å². The third-order valence-electron chi connectivity index (χ3n) is 3.47. The summed E-state index contributed by atoms with van der Waals surface area (Å²) >= 11 is 1.96. The fourth-order valence-electron chi connectivity index (χ4n) is 2.27. The second kappa shape index (κ2) is 7.66. The molecule has 11 heteroatoms. The topological polar surface area (TPSA) is 54.5 Å². The van der Waals surface area contributed by atoms with Crippen molar-refractivity contribution >= 4 is 23.1 Å². The van der Waals surface area contributed by atoms with Gasteiger partial charge in [-0.15, -0.1) is 11.3 Å². The maximum atomic E-state index is 13.4. The molecule has 0 saturated heterocycles. The van der Waals surface area contributed by atoms with Gasteiger partial charge in [0.15, 0.2) is 0 Å². The van der Waals surface area contributed by atoms with Crippen LogP contribution in [-0.4, -0.2) is 14.5 Å². The molecule has 0 saturated carbocycles. The van der Waals surface area contributed by atoms with Crippen molar-refractivity contribution in [3.8, 4) is 16.6 Å². The van der Waals surface area contributed by atoms with Crippen molar-refractivity contribution in [2.45, 2.75) is 23.5 Å². The molecule has 3 rings (SSSR count). The number of thioether (sulfide) groups is 1. The molecule has 27 heavy (non-hydrogen) atoms. The van der Waals surface area contributed by atoms with Crippen LogP contribution in [0.15, 0.2) is 41.0 Å². The lowest BCUT2D eigenvalue weighted by molar-refractivity contribution is -0.138. The fraction of sp³-hybridized carbons (Fsp3) is 0.188. The largest absolute Gasteiger partial charge is 0.417 e. The molecule has 3 aromatic rings. The van der Waals surface area contributed by atoms with Crippen LogP contribution in [0.3, 0.4) is 0 Å². The SMILES string of the molecule is N#Cc1c(C(F)(F)F)cc(-c2cccs2)nc1SCc1nccn1C(F)F. The van der Waals surface area contributed by atoms with Crippen LogP contribution < -0.4 is 0 Å². The molecule has 4 nitrogen and oxygen atoms in total. The highest BCUT2D eigenvalue weighted by molar-refractivity contribution is 7.98. The smallest absolute Gasteiger partial charge is 0.277 e. The summed E-state index contributed by atoms with van der Waals surface area (Å²) < 4.78 is 66.7. The number of nitriles is 1. The molecule has 0 aliphatic carbocycles. The second-order valence-corrected chi connectivity index (χ2v) is 7.05. The number of aromatic nitrogens is 3. The summed E-state index contributed by atoms with van der Waals surface area (Å²) in [6.07, 6.45) is -2.51. The number of thiophene rings is 1. The van der Waals surface area contributed by atoms with E-state index in [1.165, 1.54) is 23.6 Å². The summed E-state index contributed by atoms with van der Waals surface area (Å²) in [5, 5.41) is 10.8. The van der Waals surface area contributed by atoms with Crippen molar-refractivity contribution in [3.63, 3.8) is 0 Å². The van der Waals surface area contributed by atoms with Gasteiger partial charge >= 0.3 is 12.7 Å². The Morgan fingerprint density at radius 1 is 1.33 bits per heavy atom. The van der Waals surface area contributed by atoms with Crippen LogP contribution in [0, 0.1) is 11.3 Å². The Bertz CT molecular complexity index is 974. The number of rotatable bonds is 5. The monoisotopic (exact) mass is 416 g/mol.